The van der Waals surface area contributed by atoms with Gasteiger partial charge in [-0.05, 0) is 36.5 Å². The zero-order valence-electron chi connectivity index (χ0n) is 38.9. The summed E-state index contributed by atoms with van der Waals surface area (Å²) in [6, 6.07) is 8.40. The Morgan fingerprint density at radius 2 is 0.641 bits per heavy atom. The Hall–Kier alpha value is -1.43. The number of unbranched alkanes of at least 4 members (excludes halogenated alkanes) is 2. The molecule has 0 amide bonds. The van der Waals surface area contributed by atoms with Gasteiger partial charge in [-0.1, -0.05) is 45.2 Å². The quantitative estimate of drug-likeness (QED) is 0.0695. The van der Waals surface area contributed by atoms with E-state index in [1.165, 1.54) is 31.2 Å². The Labute approximate surface area is 382 Å². The lowest BCUT2D eigenvalue weighted by Crippen LogP contribution is -2.16. The fourth-order valence-electron chi connectivity index (χ4n) is 5.21. The van der Waals surface area contributed by atoms with Crippen LogP contribution < -0.4 is 4.74 Å². The molecule has 0 unspecified atom stereocenters. The van der Waals surface area contributed by atoms with E-state index in [9.17, 15) is 4.57 Å². The zero-order valence-corrected chi connectivity index (χ0v) is 39.8. The van der Waals surface area contributed by atoms with E-state index in [0.29, 0.717) is 185 Å². The summed E-state index contributed by atoms with van der Waals surface area (Å²) >= 11 is 0. The first-order valence-electron chi connectivity index (χ1n) is 22.9. The van der Waals surface area contributed by atoms with Crippen molar-refractivity contribution in [3.05, 3.63) is 29.8 Å². The van der Waals surface area contributed by atoms with Crippen molar-refractivity contribution in [3.63, 3.8) is 0 Å². The van der Waals surface area contributed by atoms with E-state index in [1.807, 2.05) is 12.1 Å². The maximum atomic E-state index is 10.5. The molecule has 0 heterocycles. The molecule has 0 aliphatic carbocycles. The number of ether oxygens (including phenoxy) is 15. The Morgan fingerprint density at radius 3 is 0.906 bits per heavy atom. The second kappa shape index (κ2) is 48.0. The summed E-state index contributed by atoms with van der Waals surface area (Å²) in [5, 5.41) is 0. The van der Waals surface area contributed by atoms with E-state index in [4.69, 9.17) is 80.8 Å². The normalized spacial score (nSPS) is 12.0. The average molecular weight is 947 g/mol. The maximum absolute atomic E-state index is 10.5. The van der Waals surface area contributed by atoms with Gasteiger partial charge in [-0.25, -0.2) is 4.57 Å². The monoisotopic (exact) mass is 947 g/mol. The molecule has 0 aliphatic rings. The van der Waals surface area contributed by atoms with E-state index in [1.54, 1.807) is 0 Å². The number of phosphoric ester groups is 1. The topological polar surface area (TPSA) is 205 Å². The van der Waals surface area contributed by atoms with E-state index in [0.717, 1.165) is 18.1 Å². The second-order valence-corrected chi connectivity index (χ2v) is 15.6. The van der Waals surface area contributed by atoms with Crippen molar-refractivity contribution in [1.29, 1.82) is 0 Å². The van der Waals surface area contributed by atoms with Gasteiger partial charge in [0.05, 0.1) is 192 Å². The molecular formula is C44H83O19P. The minimum absolute atomic E-state index is 0.0736. The van der Waals surface area contributed by atoms with Crippen LogP contribution in [-0.4, -0.2) is 208 Å². The maximum Gasteiger partial charge on any atom is 0.469 e. The van der Waals surface area contributed by atoms with Crippen molar-refractivity contribution < 1.29 is 89.9 Å². The molecule has 0 aliphatic heterocycles. The molecule has 20 heteroatoms. The molecule has 64 heavy (non-hydrogen) atoms. The molecule has 1 aromatic carbocycles. The summed E-state index contributed by atoms with van der Waals surface area (Å²) in [5.41, 5.74) is 1.37. The number of aryl methyl sites for hydroxylation is 1. The summed E-state index contributed by atoms with van der Waals surface area (Å²) in [6.45, 7) is 17.6. The van der Waals surface area contributed by atoms with Crippen LogP contribution in [0.25, 0.3) is 0 Å². The SMILES string of the molecule is CC(C)CCCCCc1ccc(OCCOCCOCCOCCOCCOCCOCCOCCOCCOCCOCCOCCOCCOCCOCCOP(=O)(O)O)cc1. The molecule has 0 atom stereocenters. The van der Waals surface area contributed by atoms with Crippen LogP contribution in [0.3, 0.4) is 0 Å². The Balaban J connectivity index is 1.65. The van der Waals surface area contributed by atoms with Gasteiger partial charge in [-0.3, -0.25) is 4.52 Å². The molecule has 0 saturated heterocycles. The van der Waals surface area contributed by atoms with Crippen LogP contribution in [0, 0.1) is 5.92 Å². The third-order valence-corrected chi connectivity index (χ3v) is 9.01. The molecule has 2 N–H and O–H groups in total. The van der Waals surface area contributed by atoms with Crippen molar-refractivity contribution in [1.82, 2.24) is 0 Å². The summed E-state index contributed by atoms with van der Waals surface area (Å²) in [5.74, 6) is 1.67. The van der Waals surface area contributed by atoms with Crippen molar-refractivity contribution in [2.45, 2.75) is 46.0 Å². The van der Waals surface area contributed by atoms with Gasteiger partial charge < -0.3 is 80.8 Å². The van der Waals surface area contributed by atoms with Crippen molar-refractivity contribution in [3.8, 4) is 5.75 Å². The van der Waals surface area contributed by atoms with Gasteiger partial charge in [-0.2, -0.15) is 0 Å². The fourth-order valence-corrected chi connectivity index (χ4v) is 5.52. The predicted octanol–water partition coefficient (Wildman–Crippen LogP) is 4.17. The Bertz CT molecular complexity index is 1120. The minimum Gasteiger partial charge on any atom is -0.491 e. The van der Waals surface area contributed by atoms with Crippen molar-refractivity contribution in [2.75, 3.05) is 198 Å². The standard InChI is InChI=1S/C44H83O19P/c1-42(2)6-4-3-5-7-43-8-10-44(11-9-43)62-40-38-60-36-34-58-32-30-56-28-26-54-24-22-52-20-18-50-16-14-48-12-13-49-15-17-51-19-21-53-23-25-55-27-29-57-31-33-59-35-37-61-39-41-63-64(45,46)47/h8-11,42H,3-7,12-41H2,1-2H3,(H2,45,46,47). The van der Waals surface area contributed by atoms with Crippen LogP contribution in [0.15, 0.2) is 24.3 Å². The summed E-state index contributed by atoms with van der Waals surface area (Å²) in [4.78, 5) is 17.1. The first-order chi connectivity index (χ1) is 31.4. The van der Waals surface area contributed by atoms with Crippen molar-refractivity contribution in [2.24, 2.45) is 5.92 Å². The van der Waals surface area contributed by atoms with Crippen molar-refractivity contribution >= 4 is 7.82 Å². The molecule has 0 radical (unpaired) electrons. The number of phosphoric acid groups is 1. The molecule has 0 bridgehead atoms. The molecule has 0 aromatic heterocycles. The molecule has 1 rings (SSSR count). The van der Waals surface area contributed by atoms with E-state index in [-0.39, 0.29) is 13.2 Å². The van der Waals surface area contributed by atoms with Gasteiger partial charge in [0.2, 0.25) is 0 Å². The van der Waals surface area contributed by atoms with Crippen LogP contribution in [0.2, 0.25) is 0 Å². The molecular weight excluding hydrogens is 863 g/mol. The average Bonchev–Trinajstić information content (AvgIpc) is 3.27. The van der Waals surface area contributed by atoms with Crippen LogP contribution in [-0.2, 0) is 81.8 Å². The van der Waals surface area contributed by atoms with E-state index < -0.39 is 7.82 Å². The number of benzene rings is 1. The van der Waals surface area contributed by atoms with E-state index >= 15 is 0 Å². The van der Waals surface area contributed by atoms with Gasteiger partial charge in [0.25, 0.3) is 0 Å². The highest BCUT2D eigenvalue weighted by Gasteiger charge is 2.12. The first kappa shape index (κ1) is 60.6. The lowest BCUT2D eigenvalue weighted by molar-refractivity contribution is -0.0298. The highest BCUT2D eigenvalue weighted by atomic mass is 31.2. The Morgan fingerprint density at radius 1 is 0.375 bits per heavy atom. The first-order valence-corrected chi connectivity index (χ1v) is 24.4. The van der Waals surface area contributed by atoms with Crippen LogP contribution in [0.5, 0.6) is 5.75 Å². The highest BCUT2D eigenvalue weighted by molar-refractivity contribution is 7.46. The summed E-state index contributed by atoms with van der Waals surface area (Å²) in [6.07, 6.45) is 6.30. The van der Waals surface area contributed by atoms with Gasteiger partial charge in [0, 0.05) is 0 Å². The smallest absolute Gasteiger partial charge is 0.469 e. The molecule has 0 spiro atoms. The number of hydrogen-bond donors (Lipinski definition) is 2. The molecule has 0 saturated carbocycles. The predicted molar refractivity (Wildman–Crippen MR) is 238 cm³/mol. The van der Waals surface area contributed by atoms with Gasteiger partial charge >= 0.3 is 7.82 Å². The van der Waals surface area contributed by atoms with Gasteiger partial charge in [0.1, 0.15) is 12.4 Å². The zero-order chi connectivity index (χ0) is 46.1. The third kappa shape index (κ3) is 48.5. The lowest BCUT2D eigenvalue weighted by atomic mass is 10.0. The van der Waals surface area contributed by atoms with Crippen LogP contribution in [0.1, 0.15) is 45.1 Å². The fraction of sp³-hybridized carbons (Fsp3) is 0.864. The Kier molecular flexibility index (Phi) is 45.5. The summed E-state index contributed by atoms with van der Waals surface area (Å²) in [7, 11) is -4.45. The second-order valence-electron chi connectivity index (χ2n) is 14.4. The number of rotatable bonds is 53. The van der Waals surface area contributed by atoms with Crippen LogP contribution >= 0.6 is 7.82 Å². The van der Waals surface area contributed by atoms with Gasteiger partial charge in [-0.15, -0.1) is 0 Å². The van der Waals surface area contributed by atoms with E-state index in [2.05, 4.69) is 30.5 Å². The minimum atomic E-state index is -4.45. The largest absolute Gasteiger partial charge is 0.491 e. The van der Waals surface area contributed by atoms with Gasteiger partial charge in [0.15, 0.2) is 0 Å². The highest BCUT2D eigenvalue weighted by Crippen LogP contribution is 2.35. The molecule has 0 fully saturated rings. The lowest BCUT2D eigenvalue weighted by Gasteiger charge is -2.09. The number of hydrogen-bond acceptors (Lipinski definition) is 17. The third-order valence-electron chi connectivity index (χ3n) is 8.49. The van der Waals surface area contributed by atoms with Crippen LogP contribution in [0.4, 0.5) is 0 Å². The summed E-state index contributed by atoms with van der Waals surface area (Å²) < 4.78 is 97.0. The molecule has 378 valence electrons. The molecule has 1 aromatic rings. The molecule has 19 nitrogen and oxygen atoms in total.